The molecule has 0 aliphatic heterocycles. The number of ether oxygens (including phenoxy) is 1. The van der Waals surface area contributed by atoms with Gasteiger partial charge >= 0.3 is 0 Å². The predicted octanol–water partition coefficient (Wildman–Crippen LogP) is 3.42. The van der Waals surface area contributed by atoms with E-state index in [0.717, 1.165) is 21.9 Å². The number of hydrogen-bond acceptors (Lipinski definition) is 2. The van der Waals surface area contributed by atoms with E-state index in [1.807, 2.05) is 13.0 Å². The van der Waals surface area contributed by atoms with Crippen molar-refractivity contribution in [2.75, 3.05) is 13.7 Å². The first-order valence-electron chi connectivity index (χ1n) is 6.13. The van der Waals surface area contributed by atoms with Crippen molar-refractivity contribution < 1.29 is 4.74 Å². The lowest BCUT2D eigenvalue weighted by molar-refractivity contribution is 0.401. The Hall–Kier alpha value is -0.730. The summed E-state index contributed by atoms with van der Waals surface area (Å²) < 4.78 is 5.51. The molecule has 1 fully saturated rings. The van der Waals surface area contributed by atoms with Gasteiger partial charge in [0.15, 0.2) is 0 Å². The smallest absolute Gasteiger partial charge is 0.123 e. The van der Waals surface area contributed by atoms with E-state index in [1.54, 1.807) is 7.11 Å². The molecule has 0 radical (unpaired) electrons. The van der Waals surface area contributed by atoms with Crippen LogP contribution >= 0.6 is 11.6 Å². The molecule has 1 unspecified atom stereocenters. The molecule has 0 aromatic heterocycles. The maximum Gasteiger partial charge on any atom is 0.123 e. The average molecular weight is 254 g/mol. The molecule has 0 heterocycles. The van der Waals surface area contributed by atoms with E-state index in [1.165, 1.54) is 18.4 Å². The molecule has 0 amide bonds. The highest BCUT2D eigenvalue weighted by Gasteiger charge is 2.34. The topological polar surface area (TPSA) is 35.2 Å². The number of nitrogens with two attached hydrogens (primary N) is 1. The maximum atomic E-state index is 6.34. The van der Waals surface area contributed by atoms with Crippen LogP contribution in [0.3, 0.4) is 0 Å². The maximum absolute atomic E-state index is 6.34. The first-order valence-corrected chi connectivity index (χ1v) is 6.51. The second-order valence-electron chi connectivity index (χ2n) is 4.93. The summed E-state index contributed by atoms with van der Waals surface area (Å²) in [5.41, 5.74) is 9.34. The fourth-order valence-corrected chi connectivity index (χ4v) is 2.77. The molecule has 3 heteroatoms. The van der Waals surface area contributed by atoms with E-state index < -0.39 is 0 Å². The van der Waals surface area contributed by atoms with Gasteiger partial charge in [-0.15, -0.1) is 0 Å². The lowest BCUT2D eigenvalue weighted by Gasteiger charge is -2.22. The number of hydrogen-bond donors (Lipinski definition) is 1. The molecular formula is C14H20ClNO. The predicted molar refractivity (Wildman–Crippen MR) is 72.0 cm³/mol. The number of aryl methyl sites for hydroxylation is 1. The highest BCUT2D eigenvalue weighted by Crippen LogP contribution is 2.47. The Kier molecular flexibility index (Phi) is 3.64. The molecule has 1 aliphatic carbocycles. The normalized spacial score (nSPS) is 17.0. The molecule has 2 N–H and O–H groups in total. The Bertz CT molecular complexity index is 427. The van der Waals surface area contributed by atoms with Crippen molar-refractivity contribution in [2.24, 2.45) is 11.7 Å². The quantitative estimate of drug-likeness (QED) is 0.893. The lowest BCUT2D eigenvalue weighted by Crippen LogP contribution is -2.17. The number of rotatable bonds is 4. The third-order valence-electron chi connectivity index (χ3n) is 3.73. The van der Waals surface area contributed by atoms with Crippen molar-refractivity contribution >= 4 is 11.6 Å². The molecular weight excluding hydrogens is 234 g/mol. The molecule has 1 aromatic carbocycles. The highest BCUT2D eigenvalue weighted by molar-refractivity contribution is 6.32. The van der Waals surface area contributed by atoms with Crippen LogP contribution in [0, 0.1) is 19.8 Å². The van der Waals surface area contributed by atoms with Crippen LogP contribution in [-0.4, -0.2) is 13.7 Å². The number of halogens is 1. The summed E-state index contributed by atoms with van der Waals surface area (Å²) in [7, 11) is 1.71. The van der Waals surface area contributed by atoms with Crippen LogP contribution in [0.15, 0.2) is 6.07 Å². The highest BCUT2D eigenvalue weighted by atomic mass is 35.5. The van der Waals surface area contributed by atoms with Gasteiger partial charge in [0.25, 0.3) is 0 Å². The van der Waals surface area contributed by atoms with Crippen molar-refractivity contribution in [1.82, 2.24) is 0 Å². The third kappa shape index (κ3) is 2.29. The van der Waals surface area contributed by atoms with Crippen molar-refractivity contribution in [3.63, 3.8) is 0 Å². The van der Waals surface area contributed by atoms with Crippen LogP contribution in [0.4, 0.5) is 0 Å². The Labute approximate surface area is 108 Å². The van der Waals surface area contributed by atoms with Crippen LogP contribution in [-0.2, 0) is 0 Å². The number of benzene rings is 1. The van der Waals surface area contributed by atoms with Gasteiger partial charge in [0.2, 0.25) is 0 Å². The average Bonchev–Trinajstić information content (AvgIpc) is 3.14. The Balaban J connectivity index is 2.53. The first kappa shape index (κ1) is 12.7. The fourth-order valence-electron chi connectivity index (χ4n) is 2.61. The van der Waals surface area contributed by atoms with Crippen molar-refractivity contribution in [2.45, 2.75) is 32.6 Å². The minimum absolute atomic E-state index is 0.392. The molecule has 2 nitrogen and oxygen atoms in total. The number of methoxy groups -OCH3 is 1. The van der Waals surface area contributed by atoms with E-state index in [9.17, 15) is 0 Å². The fraction of sp³-hybridized carbons (Fsp3) is 0.571. The van der Waals surface area contributed by atoms with Crippen molar-refractivity contribution in [3.05, 3.63) is 27.8 Å². The van der Waals surface area contributed by atoms with Crippen LogP contribution in [0.25, 0.3) is 0 Å². The largest absolute Gasteiger partial charge is 0.496 e. The van der Waals surface area contributed by atoms with Gasteiger partial charge in [0.1, 0.15) is 5.75 Å². The van der Waals surface area contributed by atoms with Crippen LogP contribution in [0.1, 0.15) is 35.4 Å². The first-order chi connectivity index (χ1) is 8.10. The summed E-state index contributed by atoms with van der Waals surface area (Å²) in [5.74, 6) is 2.04. The van der Waals surface area contributed by atoms with Gasteiger partial charge in [0.05, 0.1) is 7.11 Å². The molecule has 1 atom stereocenters. The summed E-state index contributed by atoms with van der Waals surface area (Å²) in [4.78, 5) is 0. The van der Waals surface area contributed by atoms with Gasteiger partial charge in [0, 0.05) is 16.5 Å². The van der Waals surface area contributed by atoms with Crippen LogP contribution < -0.4 is 10.5 Å². The van der Waals surface area contributed by atoms with Gasteiger partial charge in [-0.2, -0.15) is 0 Å². The van der Waals surface area contributed by atoms with Crippen LogP contribution in [0.2, 0.25) is 5.02 Å². The Morgan fingerprint density at radius 3 is 2.59 bits per heavy atom. The third-order valence-corrected chi connectivity index (χ3v) is 4.31. The molecule has 94 valence electrons. The Morgan fingerprint density at radius 1 is 1.47 bits per heavy atom. The van der Waals surface area contributed by atoms with Gasteiger partial charge in [-0.25, -0.2) is 0 Å². The minimum Gasteiger partial charge on any atom is -0.496 e. The molecule has 17 heavy (non-hydrogen) atoms. The van der Waals surface area contributed by atoms with Crippen LogP contribution in [0.5, 0.6) is 5.75 Å². The molecule has 1 aliphatic rings. The van der Waals surface area contributed by atoms with Gasteiger partial charge in [-0.05, 0) is 56.3 Å². The lowest BCUT2D eigenvalue weighted by atomic mass is 9.89. The van der Waals surface area contributed by atoms with E-state index in [4.69, 9.17) is 22.1 Å². The summed E-state index contributed by atoms with van der Waals surface area (Å²) in [6.07, 6.45) is 2.55. The van der Waals surface area contributed by atoms with Gasteiger partial charge < -0.3 is 10.5 Å². The van der Waals surface area contributed by atoms with E-state index in [2.05, 4.69) is 6.92 Å². The molecule has 1 saturated carbocycles. The minimum atomic E-state index is 0.392. The second kappa shape index (κ2) is 4.87. The standard InChI is InChI=1S/C14H20ClNO/c1-8-6-12(17-3)13(9(2)14(8)15)11(7-16)10-4-5-10/h6,10-11H,4-5,7,16H2,1-3H3. The van der Waals surface area contributed by atoms with Gasteiger partial charge in [-0.1, -0.05) is 11.6 Å². The second-order valence-corrected chi connectivity index (χ2v) is 5.31. The summed E-state index contributed by atoms with van der Waals surface area (Å²) in [6, 6.07) is 2.02. The zero-order valence-corrected chi connectivity index (χ0v) is 11.5. The van der Waals surface area contributed by atoms with Crippen molar-refractivity contribution in [1.29, 1.82) is 0 Å². The van der Waals surface area contributed by atoms with E-state index >= 15 is 0 Å². The summed E-state index contributed by atoms with van der Waals surface area (Å²) in [6.45, 7) is 4.75. The van der Waals surface area contributed by atoms with E-state index in [-0.39, 0.29) is 0 Å². The zero-order valence-electron chi connectivity index (χ0n) is 10.7. The molecule has 0 saturated heterocycles. The SMILES string of the molecule is COc1cc(C)c(Cl)c(C)c1C(CN)C1CC1. The monoisotopic (exact) mass is 253 g/mol. The zero-order chi connectivity index (χ0) is 12.6. The molecule has 1 aromatic rings. The molecule has 2 rings (SSSR count). The van der Waals surface area contributed by atoms with Gasteiger partial charge in [-0.3, -0.25) is 0 Å². The Morgan fingerprint density at radius 2 is 2.12 bits per heavy atom. The molecule has 0 bridgehead atoms. The summed E-state index contributed by atoms with van der Waals surface area (Å²) >= 11 is 6.34. The van der Waals surface area contributed by atoms with Crippen molar-refractivity contribution in [3.8, 4) is 5.75 Å². The molecule has 0 spiro atoms. The van der Waals surface area contributed by atoms with E-state index in [0.29, 0.717) is 18.4 Å². The summed E-state index contributed by atoms with van der Waals surface area (Å²) in [5, 5.41) is 0.847.